The molecule has 0 fully saturated rings. The van der Waals surface area contributed by atoms with E-state index < -0.39 is 0 Å². The van der Waals surface area contributed by atoms with Gasteiger partial charge in [-0.05, 0) is 32.0 Å². The highest BCUT2D eigenvalue weighted by Crippen LogP contribution is 2.18. The van der Waals surface area contributed by atoms with Crippen molar-refractivity contribution in [2.24, 2.45) is 0 Å². The number of hydrogen-bond acceptors (Lipinski definition) is 3. The smallest absolute Gasteiger partial charge is 0.248 e. The van der Waals surface area contributed by atoms with Crippen molar-refractivity contribution < 1.29 is 9.53 Å². The number of nitrogens with one attached hydrogen (secondary N) is 1. The molecule has 1 amide bonds. The molecule has 5 nitrogen and oxygen atoms in total. The number of hydrogen-bond donors (Lipinski definition) is 1. The fourth-order valence-electron chi connectivity index (χ4n) is 1.72. The fraction of sp³-hybridized carbons (Fsp3) is 0.286. The van der Waals surface area contributed by atoms with Gasteiger partial charge in [0.2, 0.25) is 5.91 Å². The summed E-state index contributed by atoms with van der Waals surface area (Å²) in [6.07, 6.45) is 1.80. The van der Waals surface area contributed by atoms with E-state index in [0.717, 1.165) is 5.69 Å². The highest BCUT2D eigenvalue weighted by molar-refractivity contribution is 5.93. The van der Waals surface area contributed by atoms with Gasteiger partial charge in [-0.2, -0.15) is 5.10 Å². The number of nitrogens with zero attached hydrogens (tertiary/aromatic N) is 2. The number of ether oxygens (including phenoxy) is 1. The van der Waals surface area contributed by atoms with Crippen LogP contribution < -0.4 is 10.1 Å². The number of rotatable bonds is 4. The largest absolute Gasteiger partial charge is 0.497 e. The average Bonchev–Trinajstić information content (AvgIpc) is 2.84. The number of carbonyl (C=O) groups is 1. The molecule has 0 bridgehead atoms. The maximum absolute atomic E-state index is 12.1. The summed E-state index contributed by atoms with van der Waals surface area (Å²) in [5.74, 6) is 0.594. The Morgan fingerprint density at radius 2 is 2.21 bits per heavy atom. The Morgan fingerprint density at radius 3 is 2.84 bits per heavy atom. The number of anilines is 1. The molecule has 0 saturated carbocycles. The Balaban J connectivity index is 2.08. The summed E-state index contributed by atoms with van der Waals surface area (Å²) in [5, 5.41) is 7.08. The molecule has 2 aromatic rings. The van der Waals surface area contributed by atoms with Gasteiger partial charge < -0.3 is 10.1 Å². The molecule has 1 heterocycles. The molecule has 19 heavy (non-hydrogen) atoms. The number of benzene rings is 1. The highest BCUT2D eigenvalue weighted by atomic mass is 16.5. The molecule has 1 atom stereocenters. The standard InChI is InChI=1S/C14H17N3O2/c1-10-7-8-17(16-10)11(2)14(18)15-12-5-4-6-13(9-12)19-3/h4-9,11H,1-3H3,(H,15,18). The second-order valence-electron chi connectivity index (χ2n) is 4.33. The van der Waals surface area contributed by atoms with E-state index in [-0.39, 0.29) is 11.9 Å². The molecule has 1 unspecified atom stereocenters. The van der Waals surface area contributed by atoms with Crippen LogP contribution in [0.4, 0.5) is 5.69 Å². The fourth-order valence-corrected chi connectivity index (χ4v) is 1.72. The van der Waals surface area contributed by atoms with Gasteiger partial charge in [0.1, 0.15) is 11.8 Å². The van der Waals surface area contributed by atoms with Crippen molar-refractivity contribution >= 4 is 11.6 Å². The van der Waals surface area contributed by atoms with E-state index in [1.807, 2.05) is 38.1 Å². The van der Waals surface area contributed by atoms with E-state index >= 15 is 0 Å². The first-order chi connectivity index (χ1) is 9.10. The molecule has 2 rings (SSSR count). The first-order valence-corrected chi connectivity index (χ1v) is 6.07. The Morgan fingerprint density at radius 1 is 1.42 bits per heavy atom. The number of aryl methyl sites for hydroxylation is 1. The van der Waals surface area contributed by atoms with Gasteiger partial charge in [0.15, 0.2) is 0 Å². The lowest BCUT2D eigenvalue weighted by Crippen LogP contribution is -2.24. The van der Waals surface area contributed by atoms with E-state index in [2.05, 4.69) is 10.4 Å². The molecular formula is C14H17N3O2. The zero-order valence-corrected chi connectivity index (χ0v) is 11.3. The summed E-state index contributed by atoms with van der Waals surface area (Å²) in [6, 6.07) is 8.77. The lowest BCUT2D eigenvalue weighted by atomic mass is 10.2. The minimum Gasteiger partial charge on any atom is -0.497 e. The van der Waals surface area contributed by atoms with Gasteiger partial charge >= 0.3 is 0 Å². The van der Waals surface area contributed by atoms with Crippen LogP contribution in [-0.2, 0) is 4.79 Å². The van der Waals surface area contributed by atoms with Crippen LogP contribution in [0.25, 0.3) is 0 Å². The summed E-state index contributed by atoms with van der Waals surface area (Å²) in [7, 11) is 1.59. The topological polar surface area (TPSA) is 56.1 Å². The minimum absolute atomic E-state index is 0.114. The Hall–Kier alpha value is -2.30. The zero-order chi connectivity index (χ0) is 13.8. The average molecular weight is 259 g/mol. The Bertz CT molecular complexity index is 578. The summed E-state index contributed by atoms with van der Waals surface area (Å²) in [4.78, 5) is 12.1. The minimum atomic E-state index is -0.361. The molecular weight excluding hydrogens is 242 g/mol. The first-order valence-electron chi connectivity index (χ1n) is 6.07. The van der Waals surface area contributed by atoms with Gasteiger partial charge in [-0.25, -0.2) is 0 Å². The second kappa shape index (κ2) is 5.56. The van der Waals surface area contributed by atoms with Crippen LogP contribution in [0.3, 0.4) is 0 Å². The zero-order valence-electron chi connectivity index (χ0n) is 11.3. The van der Waals surface area contributed by atoms with Crippen molar-refractivity contribution in [3.63, 3.8) is 0 Å². The first kappa shape index (κ1) is 13.1. The van der Waals surface area contributed by atoms with Gasteiger partial charge in [-0.1, -0.05) is 6.07 Å². The highest BCUT2D eigenvalue weighted by Gasteiger charge is 2.15. The van der Waals surface area contributed by atoms with Crippen LogP contribution in [0.5, 0.6) is 5.75 Å². The van der Waals surface area contributed by atoms with E-state index in [4.69, 9.17) is 4.74 Å². The molecule has 1 N–H and O–H groups in total. The maximum atomic E-state index is 12.1. The van der Waals surface area contributed by atoms with Gasteiger partial charge in [0.25, 0.3) is 0 Å². The van der Waals surface area contributed by atoms with Crippen molar-refractivity contribution in [1.82, 2.24) is 9.78 Å². The third-order valence-corrected chi connectivity index (χ3v) is 2.86. The summed E-state index contributed by atoms with van der Waals surface area (Å²) in [6.45, 7) is 3.70. The predicted molar refractivity (Wildman–Crippen MR) is 73.3 cm³/mol. The lowest BCUT2D eigenvalue weighted by Gasteiger charge is -2.13. The van der Waals surface area contributed by atoms with E-state index in [1.54, 1.807) is 24.1 Å². The van der Waals surface area contributed by atoms with Crippen LogP contribution in [0.1, 0.15) is 18.7 Å². The van der Waals surface area contributed by atoms with Crippen LogP contribution in [0.15, 0.2) is 36.5 Å². The molecule has 100 valence electrons. The van der Waals surface area contributed by atoms with Gasteiger partial charge in [-0.15, -0.1) is 0 Å². The Kier molecular flexibility index (Phi) is 3.85. The molecule has 0 spiro atoms. The monoisotopic (exact) mass is 259 g/mol. The number of aromatic nitrogens is 2. The summed E-state index contributed by atoms with van der Waals surface area (Å²) in [5.41, 5.74) is 1.60. The third kappa shape index (κ3) is 3.13. The van der Waals surface area contributed by atoms with Crippen LogP contribution in [0.2, 0.25) is 0 Å². The van der Waals surface area contributed by atoms with Crippen LogP contribution >= 0.6 is 0 Å². The van der Waals surface area contributed by atoms with Crippen LogP contribution in [-0.4, -0.2) is 22.8 Å². The van der Waals surface area contributed by atoms with E-state index in [1.165, 1.54) is 0 Å². The SMILES string of the molecule is COc1cccc(NC(=O)C(C)n2ccc(C)n2)c1. The molecule has 1 aromatic heterocycles. The van der Waals surface area contributed by atoms with Crippen molar-refractivity contribution in [2.75, 3.05) is 12.4 Å². The van der Waals surface area contributed by atoms with Crippen molar-refractivity contribution in [3.8, 4) is 5.75 Å². The molecule has 5 heteroatoms. The van der Waals surface area contributed by atoms with Gasteiger partial charge in [-0.3, -0.25) is 9.48 Å². The Labute approximate surface area is 112 Å². The van der Waals surface area contributed by atoms with Gasteiger partial charge in [0.05, 0.1) is 12.8 Å². The number of amides is 1. The lowest BCUT2D eigenvalue weighted by molar-refractivity contribution is -0.119. The normalized spacial score (nSPS) is 11.9. The molecule has 0 aliphatic heterocycles. The number of carbonyl (C=O) groups excluding carboxylic acids is 1. The molecule has 0 radical (unpaired) electrons. The molecule has 0 aliphatic rings. The molecule has 1 aromatic carbocycles. The molecule has 0 aliphatic carbocycles. The molecule has 0 saturated heterocycles. The van der Waals surface area contributed by atoms with Gasteiger partial charge in [0, 0.05) is 18.0 Å². The van der Waals surface area contributed by atoms with E-state index in [9.17, 15) is 4.79 Å². The van der Waals surface area contributed by atoms with Crippen molar-refractivity contribution in [3.05, 3.63) is 42.2 Å². The predicted octanol–water partition coefficient (Wildman–Crippen LogP) is 2.40. The summed E-state index contributed by atoms with van der Waals surface area (Å²) >= 11 is 0. The summed E-state index contributed by atoms with van der Waals surface area (Å²) < 4.78 is 6.76. The van der Waals surface area contributed by atoms with Crippen molar-refractivity contribution in [1.29, 1.82) is 0 Å². The third-order valence-electron chi connectivity index (χ3n) is 2.86. The number of methoxy groups -OCH3 is 1. The van der Waals surface area contributed by atoms with Crippen LogP contribution in [0, 0.1) is 6.92 Å². The van der Waals surface area contributed by atoms with Crippen molar-refractivity contribution in [2.45, 2.75) is 19.9 Å². The second-order valence-corrected chi connectivity index (χ2v) is 4.33. The van der Waals surface area contributed by atoms with E-state index in [0.29, 0.717) is 11.4 Å². The maximum Gasteiger partial charge on any atom is 0.248 e. The quantitative estimate of drug-likeness (QED) is 0.917.